The van der Waals surface area contributed by atoms with Crippen molar-refractivity contribution in [3.05, 3.63) is 23.2 Å². The van der Waals surface area contributed by atoms with Crippen LogP contribution in [0.2, 0.25) is 5.02 Å². The number of hydrogen-bond acceptors (Lipinski definition) is 4. The molecule has 0 bridgehead atoms. The Hall–Kier alpha value is -0.430. The largest absolute Gasteiger partial charge is 0.398 e. The maximum Gasteiger partial charge on any atom is 0.242 e. The Kier molecular flexibility index (Phi) is 7.72. The van der Waals surface area contributed by atoms with Gasteiger partial charge < -0.3 is 5.73 Å². The number of anilines is 1. The molecular formula is C13H21ClN2O2S2. The van der Waals surface area contributed by atoms with Crippen LogP contribution in [-0.2, 0) is 10.0 Å². The Labute approximate surface area is 130 Å². The summed E-state index contributed by atoms with van der Waals surface area (Å²) in [6, 6.07) is 4.44. The zero-order valence-electron chi connectivity index (χ0n) is 11.6. The lowest BCUT2D eigenvalue weighted by Gasteiger charge is -2.09. The van der Waals surface area contributed by atoms with Crippen molar-refractivity contribution >= 4 is 39.1 Å². The molecule has 0 saturated carbocycles. The number of rotatable bonds is 9. The Morgan fingerprint density at radius 3 is 2.65 bits per heavy atom. The van der Waals surface area contributed by atoms with Crippen molar-refractivity contribution in [2.45, 2.75) is 30.6 Å². The number of nitrogens with two attached hydrogens (primary N) is 1. The lowest BCUT2D eigenvalue weighted by molar-refractivity contribution is 0.574. The highest BCUT2D eigenvalue weighted by Crippen LogP contribution is 2.22. The first-order valence-electron chi connectivity index (χ1n) is 6.51. The Balaban J connectivity index is 2.44. The van der Waals surface area contributed by atoms with Gasteiger partial charge in [-0.15, -0.1) is 0 Å². The van der Waals surface area contributed by atoms with Crippen molar-refractivity contribution in [3.63, 3.8) is 0 Å². The number of halogens is 1. The summed E-state index contributed by atoms with van der Waals surface area (Å²) in [7, 11) is -3.57. The number of sulfonamides is 1. The second-order valence-electron chi connectivity index (χ2n) is 4.49. The van der Waals surface area contributed by atoms with E-state index in [1.165, 1.54) is 18.6 Å². The van der Waals surface area contributed by atoms with Gasteiger partial charge in [0.2, 0.25) is 10.0 Å². The summed E-state index contributed by atoms with van der Waals surface area (Å²) in [4.78, 5) is 0.0485. The third kappa shape index (κ3) is 5.91. The molecule has 0 spiro atoms. The van der Waals surface area contributed by atoms with E-state index in [1.807, 2.05) is 11.8 Å². The van der Waals surface area contributed by atoms with Crippen LogP contribution in [0.15, 0.2) is 23.1 Å². The van der Waals surface area contributed by atoms with E-state index in [0.29, 0.717) is 11.6 Å². The molecule has 1 aromatic rings. The Morgan fingerprint density at radius 1 is 1.25 bits per heavy atom. The summed E-state index contributed by atoms with van der Waals surface area (Å²) < 4.78 is 26.7. The van der Waals surface area contributed by atoms with Crippen LogP contribution in [0.3, 0.4) is 0 Å². The average Bonchev–Trinajstić information content (AvgIpc) is 2.40. The number of thioether (sulfide) groups is 1. The van der Waals surface area contributed by atoms with Crippen molar-refractivity contribution in [2.75, 3.05) is 24.3 Å². The first-order chi connectivity index (χ1) is 9.47. The van der Waals surface area contributed by atoms with E-state index in [1.54, 1.807) is 6.07 Å². The number of unbranched alkanes of at least 4 members (excludes halogenated alkanes) is 3. The number of benzene rings is 1. The van der Waals surface area contributed by atoms with Crippen LogP contribution >= 0.6 is 23.4 Å². The fourth-order valence-electron chi connectivity index (χ4n) is 1.75. The molecule has 3 N–H and O–H groups in total. The highest BCUT2D eigenvalue weighted by atomic mass is 35.5. The first kappa shape index (κ1) is 17.6. The second-order valence-corrected chi connectivity index (χ2v) is 7.64. The third-order valence-electron chi connectivity index (χ3n) is 2.83. The van der Waals surface area contributed by atoms with Crippen molar-refractivity contribution in [1.29, 1.82) is 0 Å². The maximum absolute atomic E-state index is 12.1. The van der Waals surface area contributed by atoms with E-state index in [-0.39, 0.29) is 10.6 Å². The highest BCUT2D eigenvalue weighted by molar-refractivity contribution is 7.98. The molecule has 114 valence electrons. The molecule has 0 aliphatic rings. The van der Waals surface area contributed by atoms with Gasteiger partial charge in [0.1, 0.15) is 4.90 Å². The van der Waals surface area contributed by atoms with E-state index >= 15 is 0 Å². The molecule has 20 heavy (non-hydrogen) atoms. The summed E-state index contributed by atoms with van der Waals surface area (Å²) in [6.45, 7) is 0.424. The predicted molar refractivity (Wildman–Crippen MR) is 87.9 cm³/mol. The third-order valence-corrected chi connectivity index (χ3v) is 5.28. The van der Waals surface area contributed by atoms with Crippen LogP contribution in [0, 0.1) is 0 Å². The van der Waals surface area contributed by atoms with Gasteiger partial charge in [-0.1, -0.05) is 24.4 Å². The van der Waals surface area contributed by atoms with Crippen LogP contribution < -0.4 is 10.5 Å². The molecule has 0 fully saturated rings. The Bertz CT molecular complexity index is 521. The lowest BCUT2D eigenvalue weighted by atomic mass is 10.2. The monoisotopic (exact) mass is 336 g/mol. The molecule has 0 heterocycles. The zero-order valence-corrected chi connectivity index (χ0v) is 14.0. The van der Waals surface area contributed by atoms with Crippen molar-refractivity contribution in [1.82, 2.24) is 4.72 Å². The van der Waals surface area contributed by atoms with E-state index in [4.69, 9.17) is 17.3 Å². The fourth-order valence-corrected chi connectivity index (χ4v) is 3.71. The van der Waals surface area contributed by atoms with Gasteiger partial charge in [0.15, 0.2) is 0 Å². The number of hydrogen-bond donors (Lipinski definition) is 2. The van der Waals surface area contributed by atoms with Gasteiger partial charge in [-0.2, -0.15) is 11.8 Å². The number of nitrogen functional groups attached to an aromatic ring is 1. The van der Waals surface area contributed by atoms with Crippen molar-refractivity contribution < 1.29 is 8.42 Å². The van der Waals surface area contributed by atoms with Gasteiger partial charge in [-0.25, -0.2) is 13.1 Å². The van der Waals surface area contributed by atoms with E-state index < -0.39 is 10.0 Å². The van der Waals surface area contributed by atoms with Crippen LogP contribution in [0.4, 0.5) is 5.69 Å². The normalized spacial score (nSPS) is 11.7. The molecule has 1 aromatic carbocycles. The highest BCUT2D eigenvalue weighted by Gasteiger charge is 2.17. The lowest BCUT2D eigenvalue weighted by Crippen LogP contribution is -2.25. The maximum atomic E-state index is 12.1. The molecule has 0 aromatic heterocycles. The summed E-state index contributed by atoms with van der Waals surface area (Å²) >= 11 is 7.64. The minimum atomic E-state index is -3.57. The summed E-state index contributed by atoms with van der Waals surface area (Å²) in [5.74, 6) is 1.16. The summed E-state index contributed by atoms with van der Waals surface area (Å²) in [6.07, 6.45) is 6.24. The van der Waals surface area contributed by atoms with Crippen molar-refractivity contribution in [2.24, 2.45) is 0 Å². The molecule has 4 nitrogen and oxygen atoms in total. The SMILES string of the molecule is CSCCCCCCNS(=O)(=O)c1cc(Cl)ccc1N. The molecule has 0 aliphatic carbocycles. The molecule has 0 atom stereocenters. The molecule has 0 radical (unpaired) electrons. The minimum absolute atomic E-state index is 0.0485. The van der Waals surface area contributed by atoms with Crippen LogP contribution in [0.25, 0.3) is 0 Å². The van der Waals surface area contributed by atoms with Gasteiger partial charge in [-0.05, 0) is 43.0 Å². The molecule has 1 rings (SSSR count). The van der Waals surface area contributed by atoms with Gasteiger partial charge in [0.25, 0.3) is 0 Å². The van der Waals surface area contributed by atoms with Gasteiger partial charge in [0.05, 0.1) is 5.69 Å². The Morgan fingerprint density at radius 2 is 1.95 bits per heavy atom. The predicted octanol–water partition coefficient (Wildman–Crippen LogP) is 3.12. The molecule has 0 amide bonds. The second kappa shape index (κ2) is 8.77. The van der Waals surface area contributed by atoms with Gasteiger partial charge in [0, 0.05) is 11.6 Å². The molecule has 0 aliphatic heterocycles. The van der Waals surface area contributed by atoms with E-state index in [9.17, 15) is 8.42 Å². The number of nitrogens with one attached hydrogen (secondary N) is 1. The topological polar surface area (TPSA) is 72.2 Å². The standard InChI is InChI=1S/C13H21ClN2O2S2/c1-19-9-5-3-2-4-8-16-20(17,18)13-10-11(14)6-7-12(13)15/h6-7,10,16H,2-5,8-9,15H2,1H3. The van der Waals surface area contributed by atoms with Crippen LogP contribution in [0.5, 0.6) is 0 Å². The smallest absolute Gasteiger partial charge is 0.242 e. The first-order valence-corrected chi connectivity index (χ1v) is 9.76. The minimum Gasteiger partial charge on any atom is -0.398 e. The summed E-state index contributed by atoms with van der Waals surface area (Å²) in [5.41, 5.74) is 5.89. The summed E-state index contributed by atoms with van der Waals surface area (Å²) in [5, 5.41) is 0.358. The molecular weight excluding hydrogens is 316 g/mol. The quantitative estimate of drug-likeness (QED) is 0.537. The fraction of sp³-hybridized carbons (Fsp3) is 0.538. The van der Waals surface area contributed by atoms with Crippen molar-refractivity contribution in [3.8, 4) is 0 Å². The average molecular weight is 337 g/mol. The van der Waals surface area contributed by atoms with Crippen LogP contribution in [0.1, 0.15) is 25.7 Å². The molecule has 7 heteroatoms. The molecule has 0 saturated heterocycles. The van der Waals surface area contributed by atoms with Gasteiger partial charge >= 0.3 is 0 Å². The van der Waals surface area contributed by atoms with E-state index in [0.717, 1.165) is 25.0 Å². The van der Waals surface area contributed by atoms with Crippen LogP contribution in [-0.4, -0.2) is 27.0 Å². The van der Waals surface area contributed by atoms with Gasteiger partial charge in [-0.3, -0.25) is 0 Å². The zero-order chi connectivity index (χ0) is 15.0. The molecule has 0 unspecified atom stereocenters. The van der Waals surface area contributed by atoms with E-state index in [2.05, 4.69) is 11.0 Å².